The van der Waals surface area contributed by atoms with Crippen molar-refractivity contribution in [2.45, 2.75) is 185 Å². The summed E-state index contributed by atoms with van der Waals surface area (Å²) in [5.41, 5.74) is 43.5. The van der Waals surface area contributed by atoms with Crippen LogP contribution in [0.5, 0.6) is 0 Å². The van der Waals surface area contributed by atoms with Gasteiger partial charge in [0, 0.05) is 90.7 Å². The maximum atomic E-state index is 13.0. The van der Waals surface area contributed by atoms with Crippen molar-refractivity contribution in [3.05, 3.63) is 212 Å². The molecule has 0 bridgehead atoms. The minimum absolute atomic E-state index is 0. The summed E-state index contributed by atoms with van der Waals surface area (Å²) in [5, 5.41) is 28.3. The van der Waals surface area contributed by atoms with E-state index in [4.69, 9.17) is 98.6 Å². The van der Waals surface area contributed by atoms with Crippen molar-refractivity contribution in [2.24, 2.45) is 5.73 Å². The van der Waals surface area contributed by atoms with Gasteiger partial charge in [0.1, 0.15) is 44.5 Å². The molecular weight excluding hydrogens is 1890 g/mol. The molecule has 1 aliphatic heterocycles. The van der Waals surface area contributed by atoms with Gasteiger partial charge in [-0.2, -0.15) is 15.3 Å². The molecule has 1 saturated heterocycles. The van der Waals surface area contributed by atoms with Gasteiger partial charge in [0.25, 0.3) is 0 Å². The van der Waals surface area contributed by atoms with Crippen LogP contribution in [0.1, 0.15) is 201 Å². The molecule has 15 rings (SSSR count). The molecule has 14 aromatic rings. The van der Waals surface area contributed by atoms with Crippen molar-refractivity contribution >= 4 is 157 Å². The van der Waals surface area contributed by atoms with Gasteiger partial charge in [0.2, 0.25) is 0 Å². The largest absolute Gasteiger partial charge is 1.00 e. The van der Waals surface area contributed by atoms with Crippen LogP contribution in [0.15, 0.2) is 169 Å². The Labute approximate surface area is 857 Å². The van der Waals surface area contributed by atoms with Gasteiger partial charge in [-0.1, -0.05) is 108 Å². The topological polar surface area (TPSA) is 487 Å². The Morgan fingerprint density at radius 1 is 0.429 bits per heavy atom. The summed E-state index contributed by atoms with van der Waals surface area (Å²) in [6, 6.07) is 35.0. The number of thiophene rings is 3. The van der Waals surface area contributed by atoms with Crippen molar-refractivity contribution in [2.75, 3.05) is 94.7 Å². The molecule has 0 amide bonds. The normalized spacial score (nSPS) is 13.1. The van der Waals surface area contributed by atoms with E-state index < -0.39 is 19.1 Å². The number of methoxy groups -OCH3 is 1. The quantitative estimate of drug-likeness (QED) is 0.00869. The number of hydrogen-bond donors (Lipinski definition) is 7. The third kappa shape index (κ3) is 32.2. The Balaban J connectivity index is 0.000000231. The zero-order valence-corrected chi connectivity index (χ0v) is 87.4. The molecule has 140 heavy (non-hydrogen) atoms. The number of ether oxygens (including phenoxy) is 1. The number of Topliss-reactive ketones (excluding diaryl/α,β-unsaturated/α-hetero) is 3. The van der Waals surface area contributed by atoms with Crippen LogP contribution >= 0.6 is 68.8 Å². The first-order chi connectivity index (χ1) is 65.8. The molecule has 14 N–H and O–H groups in total. The molecule has 34 nitrogen and oxygen atoms in total. The summed E-state index contributed by atoms with van der Waals surface area (Å²) in [7, 11) is 0.830. The second-order valence-corrected chi connectivity index (χ2v) is 37.3. The maximum absolute atomic E-state index is 13.0. The van der Waals surface area contributed by atoms with Crippen molar-refractivity contribution < 1.29 is 67.5 Å². The number of carboxylic acids is 1. The zero-order valence-electron chi connectivity index (χ0n) is 82.7. The standard InChI is InChI=1S/2C24H28N6OS.C16H18BN3O2S.C14H22ClN3O.C7H7ClN2O2.C7H18N2.C6H5ClN2O2.Li.H2O/c2*1-4-29(5-2)16(3)8-9-21(31)17-13-20(27-23(25)14-17)18-15-26-30-11-10-19(28-24(18)30)22-7-6-12-32-22;1-15(2)16(3,4)22-17(21-15)11-10-18-20-8-7-12(19-14(11)20)13-6-5-9-23-13;1-4-18(5-2)10(3)6-7-12(19)11-8-13(15)17-14(16)9-11;1-12-7(11)4-2-5(8)10-6(9)3-4;1-4-9(5-2)7(3)6-8;7-4-1-3(6(10)11)2-5(8)9-4;;/h2*6-7,10-16H,4-5,8-9H2,1-3H3,(H2,25,27);5-10H,1-4H3;8-10H,4-7H2,1-3H3,(H2,16,17);2-3H,1H3,(H2,9,10);7H,4-6,8H2,1-3H3;1-2H,(H2,8,9)(H,10,11);;1H2/q;;;;;;;+1;/p-1/t2*16-;;10-;;7-;;;/m00.0.0.../s1. The van der Waals surface area contributed by atoms with Crippen molar-refractivity contribution in [1.82, 2.24) is 88.3 Å². The van der Waals surface area contributed by atoms with Gasteiger partial charge in [0.05, 0.1) is 102 Å². The molecule has 0 aliphatic carbocycles. The number of carbonyl (C=O) groups is 5. The maximum Gasteiger partial charge on any atom is 1.00 e. The second-order valence-electron chi connectivity index (χ2n) is 33.3. The van der Waals surface area contributed by atoms with Crippen molar-refractivity contribution in [3.63, 3.8) is 0 Å². The Kier molecular flexibility index (Phi) is 45.8. The number of esters is 1. The fourth-order valence-electron chi connectivity index (χ4n) is 15.1. The number of rotatable bonds is 33. The van der Waals surface area contributed by atoms with E-state index in [1.165, 1.54) is 31.4 Å². The van der Waals surface area contributed by atoms with Gasteiger partial charge in [-0.3, -0.25) is 19.3 Å². The fraction of sp³-hybridized carbons (Fsp3) is 0.388. The summed E-state index contributed by atoms with van der Waals surface area (Å²) >= 11 is 21.7. The molecule has 0 radical (unpaired) electrons. The Bertz CT molecular complexity index is 6060. The van der Waals surface area contributed by atoms with Crippen LogP contribution in [0.4, 0.5) is 29.1 Å². The fourth-order valence-corrected chi connectivity index (χ4v) is 17.8. The Morgan fingerprint density at radius 3 is 1.04 bits per heavy atom. The Hall–Kier alpha value is -11.1. The summed E-state index contributed by atoms with van der Waals surface area (Å²) in [6.07, 6.45) is 14.8. The third-order valence-corrected chi connectivity index (χ3v) is 27.0. The van der Waals surface area contributed by atoms with E-state index in [1.54, 1.807) is 103 Å². The molecule has 0 aromatic carbocycles. The first-order valence-corrected chi connectivity index (χ1v) is 49.5. The van der Waals surface area contributed by atoms with Crippen LogP contribution in [0.2, 0.25) is 15.5 Å². The number of nitrogens with two attached hydrogens (primary N) is 6. The van der Waals surface area contributed by atoms with Crippen LogP contribution in [-0.2, 0) is 14.0 Å². The second kappa shape index (κ2) is 55.3. The van der Waals surface area contributed by atoms with Crippen LogP contribution in [0.25, 0.3) is 71.2 Å². The summed E-state index contributed by atoms with van der Waals surface area (Å²) in [4.78, 5) is 106. The summed E-state index contributed by atoms with van der Waals surface area (Å²) in [6.45, 7) is 42.9. The number of pyridine rings is 5. The zero-order chi connectivity index (χ0) is 101. The molecule has 742 valence electrons. The average molecular weight is 2020 g/mol. The first kappa shape index (κ1) is 116. The van der Waals surface area contributed by atoms with Gasteiger partial charge in [-0.25, -0.2) is 63.0 Å². The van der Waals surface area contributed by atoms with E-state index in [-0.39, 0.29) is 91.4 Å². The van der Waals surface area contributed by atoms with Crippen LogP contribution < -0.4 is 58.7 Å². The molecule has 42 heteroatoms. The molecule has 1 aliphatic rings. The number of carbonyl (C=O) groups excluding carboxylic acids is 4. The minimum atomic E-state index is -1.07. The molecule has 0 saturated carbocycles. The number of nitrogen functional groups attached to an aromatic ring is 5. The van der Waals surface area contributed by atoms with E-state index in [9.17, 15) is 24.0 Å². The van der Waals surface area contributed by atoms with Gasteiger partial charge < -0.3 is 73.7 Å². The van der Waals surface area contributed by atoms with Gasteiger partial charge in [0.15, 0.2) is 34.3 Å². The smallest absolute Gasteiger partial charge is 0.870 e. The number of halogens is 3. The molecule has 0 spiro atoms. The average Bonchev–Trinajstić information content (AvgIpc) is 1.60. The summed E-state index contributed by atoms with van der Waals surface area (Å²) in [5.74, 6) is -0.119. The number of nitrogens with zero attached hydrogens (tertiary/aromatic N) is 18. The van der Waals surface area contributed by atoms with Gasteiger partial charge in [-0.15, -0.1) is 34.0 Å². The molecule has 1 fully saturated rings. The Morgan fingerprint density at radius 2 is 0.729 bits per heavy atom. The van der Waals surface area contributed by atoms with Crippen LogP contribution in [-0.4, -0.2) is 237 Å². The number of anilines is 5. The van der Waals surface area contributed by atoms with Crippen LogP contribution in [0.3, 0.4) is 0 Å². The van der Waals surface area contributed by atoms with E-state index in [0.717, 1.165) is 132 Å². The van der Waals surface area contributed by atoms with Gasteiger partial charge in [-0.05, 0) is 240 Å². The molecule has 4 atom stereocenters. The molecule has 14 aromatic heterocycles. The number of aromatic carboxylic acids is 1. The minimum Gasteiger partial charge on any atom is -0.870 e. The summed E-state index contributed by atoms with van der Waals surface area (Å²) < 4.78 is 21.9. The predicted octanol–water partition coefficient (Wildman–Crippen LogP) is 15.0. The number of hydrogen-bond acceptors (Lipinski definition) is 33. The SMILES string of the molecule is CC1(C)OB(c2cnn3ccc(-c4cccs4)nc23)OC1(C)C.CCN(CC)[C@@H](C)CCC(=O)c1cc(N)nc(-c2cnn3ccc(-c4cccs4)nc23)c1.CCN(CC)[C@@H](C)CCC(=O)c1cc(N)nc(-c2cnn3ccc(-c4cccs4)nc23)c1.CCN(CC)[C@@H](C)CCC(=O)c1cc(N)nc(Cl)c1.CCN(CC)[C@@H](C)CN.COC(=O)c1cc(N)nc(Cl)c1.Nc1cc(C(=O)O)cc(Cl)n1.[Li+].[OH-]. The van der Waals surface area contributed by atoms with E-state index >= 15 is 0 Å². The number of ketones is 3. The van der Waals surface area contributed by atoms with Crippen molar-refractivity contribution in [3.8, 4) is 54.2 Å². The molecule has 0 unspecified atom stereocenters. The van der Waals surface area contributed by atoms with E-state index in [0.29, 0.717) is 100 Å². The van der Waals surface area contributed by atoms with Crippen LogP contribution in [0, 0.1) is 0 Å². The first-order valence-electron chi connectivity index (χ1n) is 45.8. The van der Waals surface area contributed by atoms with Gasteiger partial charge >= 0.3 is 37.9 Å². The number of carboxylic acid groups (broad SMARTS) is 1. The van der Waals surface area contributed by atoms with E-state index in [1.807, 2.05) is 111 Å². The third-order valence-electron chi connectivity index (χ3n) is 23.7. The predicted molar refractivity (Wildman–Crippen MR) is 560 cm³/mol. The number of likely N-dealkylation sites (N-methyl/N-ethyl adjacent to an activating group) is 1. The number of aromatic nitrogens is 14. The number of fused-ring (bicyclic) bond motifs is 3. The van der Waals surface area contributed by atoms with Crippen molar-refractivity contribution in [1.29, 1.82) is 0 Å². The molecular formula is C98H127BCl3LiN24O10S3. The van der Waals surface area contributed by atoms with E-state index in [2.05, 4.69) is 154 Å². The molecule has 15 heterocycles. The monoisotopic (exact) mass is 2020 g/mol.